The Morgan fingerprint density at radius 2 is 1.63 bits per heavy atom. The van der Waals surface area contributed by atoms with Crippen molar-refractivity contribution >= 4 is 34.4 Å². The summed E-state index contributed by atoms with van der Waals surface area (Å²) >= 11 is 0. The fourth-order valence-corrected chi connectivity index (χ4v) is 6.34. The molecule has 41 heavy (non-hydrogen) atoms. The Hall–Kier alpha value is -4.39. The Labute approximate surface area is 240 Å². The predicted octanol–water partition coefficient (Wildman–Crippen LogP) is 6.60. The summed E-state index contributed by atoms with van der Waals surface area (Å²) in [6, 6.07) is 23.2. The fourth-order valence-electron chi connectivity index (χ4n) is 6.34. The van der Waals surface area contributed by atoms with E-state index in [2.05, 4.69) is 30.2 Å². The van der Waals surface area contributed by atoms with E-state index in [0.29, 0.717) is 23.6 Å². The van der Waals surface area contributed by atoms with Crippen LogP contribution >= 0.6 is 0 Å². The van der Waals surface area contributed by atoms with Crippen molar-refractivity contribution in [2.75, 3.05) is 4.90 Å². The predicted molar refractivity (Wildman–Crippen MR) is 161 cm³/mol. The number of benzene rings is 3. The van der Waals surface area contributed by atoms with E-state index in [-0.39, 0.29) is 17.9 Å². The van der Waals surface area contributed by atoms with Gasteiger partial charge in [-0.2, -0.15) is 0 Å². The zero-order valence-corrected chi connectivity index (χ0v) is 23.8. The Morgan fingerprint density at radius 3 is 2.41 bits per heavy atom. The molecule has 1 fully saturated rings. The first kappa shape index (κ1) is 26.8. The molecule has 2 aliphatic heterocycles. The quantitative estimate of drug-likeness (QED) is 0.244. The average molecular weight is 549 g/mol. The monoisotopic (exact) mass is 548 g/mol. The molecule has 1 aromatic heterocycles. The lowest BCUT2D eigenvalue weighted by molar-refractivity contribution is -0.120. The first-order chi connectivity index (χ1) is 19.8. The fraction of sp³-hybridized carbons (Fsp3) is 0.324. The molecule has 6 rings (SSSR count). The number of hydrogen-bond acceptors (Lipinski definition) is 3. The smallest absolute Gasteiger partial charge is 0.332 e. The average Bonchev–Trinajstić information content (AvgIpc) is 3.46. The van der Waals surface area contributed by atoms with E-state index in [9.17, 15) is 14.4 Å². The number of aromatic amines is 1. The summed E-state index contributed by atoms with van der Waals surface area (Å²) in [6.07, 6.45) is 3.40. The van der Waals surface area contributed by atoms with Crippen molar-refractivity contribution in [2.45, 2.75) is 64.6 Å². The lowest BCUT2D eigenvalue weighted by atomic mass is 9.89. The van der Waals surface area contributed by atoms with Gasteiger partial charge >= 0.3 is 6.03 Å². The number of anilines is 1. The lowest BCUT2D eigenvalue weighted by Crippen LogP contribution is -2.44. The SMILES string of the molecule is CC(C)CCCC(C)NC(=O)c1ccccc1N1C(=O)C2Cc3c([nH]c4ccccc34)C(c3ccccc3)N2C1=O. The number of nitrogens with one attached hydrogen (secondary N) is 2. The molecule has 3 unspecified atom stereocenters. The third-order valence-electron chi connectivity index (χ3n) is 8.35. The van der Waals surface area contributed by atoms with Gasteiger partial charge in [-0.3, -0.25) is 14.5 Å². The van der Waals surface area contributed by atoms with Crippen LogP contribution in [0.25, 0.3) is 10.9 Å². The number of nitrogens with zero attached hydrogens (tertiary/aromatic N) is 2. The summed E-state index contributed by atoms with van der Waals surface area (Å²) in [6.45, 7) is 6.38. The molecule has 2 N–H and O–H groups in total. The Kier molecular flexibility index (Phi) is 7.12. The van der Waals surface area contributed by atoms with Gasteiger partial charge in [0.1, 0.15) is 12.1 Å². The van der Waals surface area contributed by atoms with Crippen molar-refractivity contribution < 1.29 is 14.4 Å². The standard InChI is InChI=1S/C34H36N4O3/c1-21(2)12-11-13-22(3)35-32(39)25-17-8-10-19-28(25)38-33(40)29-20-26-24-16-7-9-18-27(24)36-30(26)31(37(29)34(38)41)23-14-5-4-6-15-23/h4-10,14-19,21-22,29,31,36H,11-13,20H2,1-3H3,(H,35,39). The second-order valence-electron chi connectivity index (χ2n) is 11.7. The van der Waals surface area contributed by atoms with Crippen molar-refractivity contribution in [2.24, 2.45) is 5.92 Å². The van der Waals surface area contributed by atoms with Crippen molar-refractivity contribution in [3.8, 4) is 0 Å². The molecule has 210 valence electrons. The summed E-state index contributed by atoms with van der Waals surface area (Å²) < 4.78 is 0. The second kappa shape index (κ2) is 10.9. The first-order valence-corrected chi connectivity index (χ1v) is 14.6. The normalized spacial score (nSPS) is 19.0. The first-order valence-electron chi connectivity index (χ1n) is 14.6. The van der Waals surface area contributed by atoms with E-state index in [1.54, 1.807) is 29.2 Å². The number of aromatic nitrogens is 1. The summed E-state index contributed by atoms with van der Waals surface area (Å²) in [7, 11) is 0. The number of carbonyl (C=O) groups excluding carboxylic acids is 3. The number of fused-ring (bicyclic) bond motifs is 4. The zero-order chi connectivity index (χ0) is 28.7. The molecule has 7 heteroatoms. The molecule has 0 bridgehead atoms. The van der Waals surface area contributed by atoms with Gasteiger partial charge in [0.15, 0.2) is 0 Å². The maximum atomic E-state index is 14.2. The molecule has 3 heterocycles. The van der Waals surface area contributed by atoms with Crippen molar-refractivity contribution in [3.05, 3.63) is 101 Å². The van der Waals surface area contributed by atoms with Crippen LogP contribution in [0.4, 0.5) is 10.5 Å². The van der Waals surface area contributed by atoms with Gasteiger partial charge in [-0.15, -0.1) is 0 Å². The minimum atomic E-state index is -0.675. The van der Waals surface area contributed by atoms with Gasteiger partial charge < -0.3 is 10.3 Å². The molecule has 0 saturated carbocycles. The molecule has 4 amide bonds. The second-order valence-corrected chi connectivity index (χ2v) is 11.7. The number of H-pyrrole nitrogens is 1. The molecular formula is C34H36N4O3. The molecule has 0 aliphatic carbocycles. The summed E-state index contributed by atoms with van der Waals surface area (Å²) in [5, 5.41) is 4.15. The van der Waals surface area contributed by atoms with Gasteiger partial charge in [0.05, 0.1) is 11.3 Å². The van der Waals surface area contributed by atoms with Crippen LogP contribution in [0.3, 0.4) is 0 Å². The van der Waals surface area contributed by atoms with Gasteiger partial charge in [-0.1, -0.05) is 87.4 Å². The molecule has 7 nitrogen and oxygen atoms in total. The molecular weight excluding hydrogens is 512 g/mol. The molecule has 3 atom stereocenters. The summed E-state index contributed by atoms with van der Waals surface area (Å²) in [5.74, 6) is 0.0274. The highest BCUT2D eigenvalue weighted by Crippen LogP contribution is 2.45. The minimum Gasteiger partial charge on any atom is -0.356 e. The third-order valence-corrected chi connectivity index (χ3v) is 8.35. The number of rotatable bonds is 8. The van der Waals surface area contributed by atoms with Gasteiger partial charge in [0, 0.05) is 29.1 Å². The van der Waals surface area contributed by atoms with E-state index >= 15 is 0 Å². The van der Waals surface area contributed by atoms with Gasteiger partial charge in [0.25, 0.3) is 11.8 Å². The number of urea groups is 1. The summed E-state index contributed by atoms with van der Waals surface area (Å²) in [4.78, 5) is 48.3. The molecule has 0 radical (unpaired) electrons. The zero-order valence-electron chi connectivity index (χ0n) is 23.8. The number of para-hydroxylation sites is 2. The Morgan fingerprint density at radius 1 is 0.927 bits per heavy atom. The van der Waals surface area contributed by atoms with Crippen LogP contribution in [-0.2, 0) is 11.2 Å². The van der Waals surface area contributed by atoms with Crippen LogP contribution in [0.5, 0.6) is 0 Å². The van der Waals surface area contributed by atoms with Gasteiger partial charge in [-0.25, -0.2) is 9.69 Å². The van der Waals surface area contributed by atoms with E-state index < -0.39 is 18.1 Å². The lowest BCUT2D eigenvalue weighted by Gasteiger charge is -2.36. The van der Waals surface area contributed by atoms with Crippen molar-refractivity contribution in [1.82, 2.24) is 15.2 Å². The van der Waals surface area contributed by atoms with Crippen molar-refractivity contribution in [1.29, 1.82) is 0 Å². The molecule has 2 aliphatic rings. The largest absolute Gasteiger partial charge is 0.356 e. The minimum absolute atomic E-state index is 0.0219. The van der Waals surface area contributed by atoms with E-state index in [0.717, 1.165) is 47.0 Å². The molecule has 4 aromatic rings. The summed E-state index contributed by atoms with van der Waals surface area (Å²) in [5.41, 5.74) is 4.54. The Bertz CT molecular complexity index is 1610. The van der Waals surface area contributed by atoms with E-state index in [1.807, 2.05) is 55.5 Å². The third kappa shape index (κ3) is 4.79. The van der Waals surface area contributed by atoms with Crippen LogP contribution in [0.15, 0.2) is 78.9 Å². The number of imide groups is 1. The van der Waals surface area contributed by atoms with Crippen LogP contribution < -0.4 is 10.2 Å². The van der Waals surface area contributed by atoms with Crippen molar-refractivity contribution in [3.63, 3.8) is 0 Å². The number of amides is 4. The highest BCUT2D eigenvalue weighted by molar-refractivity contribution is 6.24. The van der Waals surface area contributed by atoms with Gasteiger partial charge in [-0.05, 0) is 48.6 Å². The maximum absolute atomic E-state index is 14.2. The van der Waals surface area contributed by atoms with Crippen LogP contribution in [0, 0.1) is 5.92 Å². The van der Waals surface area contributed by atoms with Gasteiger partial charge in [0.2, 0.25) is 0 Å². The van der Waals surface area contributed by atoms with Crippen LogP contribution in [-0.4, -0.2) is 39.8 Å². The number of hydrogen-bond donors (Lipinski definition) is 2. The highest BCUT2D eigenvalue weighted by Gasteiger charge is 2.53. The molecule has 0 spiro atoms. The van der Waals surface area contributed by atoms with Crippen LogP contribution in [0.1, 0.15) is 73.3 Å². The number of carbonyl (C=O) groups is 3. The van der Waals surface area contributed by atoms with Crippen LogP contribution in [0.2, 0.25) is 0 Å². The molecule has 3 aromatic carbocycles. The maximum Gasteiger partial charge on any atom is 0.332 e. The highest BCUT2D eigenvalue weighted by atomic mass is 16.2. The van der Waals surface area contributed by atoms with E-state index in [1.165, 1.54) is 4.90 Å². The topological polar surface area (TPSA) is 85.5 Å². The molecule has 1 saturated heterocycles. The Balaban J connectivity index is 1.35. The van der Waals surface area contributed by atoms with E-state index in [4.69, 9.17) is 0 Å².